The Balaban J connectivity index is 1.28. The van der Waals surface area contributed by atoms with Gasteiger partial charge in [-0.15, -0.1) is 6.42 Å². The van der Waals surface area contributed by atoms with Crippen molar-refractivity contribution >= 4 is 39.8 Å². The van der Waals surface area contributed by atoms with E-state index in [4.69, 9.17) is 21.1 Å². The van der Waals surface area contributed by atoms with Crippen molar-refractivity contribution < 1.29 is 23.4 Å². The van der Waals surface area contributed by atoms with Crippen molar-refractivity contribution in [3.8, 4) is 24.1 Å². The van der Waals surface area contributed by atoms with Gasteiger partial charge in [-0.1, -0.05) is 18.6 Å². The van der Waals surface area contributed by atoms with Crippen molar-refractivity contribution in [1.82, 2.24) is 19.9 Å². The molecular weight excluding hydrogens is 650 g/mol. The van der Waals surface area contributed by atoms with Gasteiger partial charge in [0.25, 0.3) is 0 Å². The molecule has 0 unspecified atom stereocenters. The van der Waals surface area contributed by atoms with Gasteiger partial charge in [0, 0.05) is 68.2 Å². The van der Waals surface area contributed by atoms with Crippen molar-refractivity contribution in [1.29, 1.82) is 0 Å². The van der Waals surface area contributed by atoms with Crippen molar-refractivity contribution in [2.24, 2.45) is 0 Å². The number of terminal acetylenes is 1. The van der Waals surface area contributed by atoms with Crippen LogP contribution >= 0.6 is 0 Å². The third-order valence-corrected chi connectivity index (χ3v) is 10.4. The molecule has 2 saturated heterocycles. The highest BCUT2D eigenvalue weighted by molar-refractivity contribution is 6.02. The molecule has 3 atom stereocenters. The van der Waals surface area contributed by atoms with E-state index in [1.807, 2.05) is 46.9 Å². The van der Waals surface area contributed by atoms with Gasteiger partial charge in [-0.3, -0.25) is 9.78 Å². The Bertz CT molecular complexity index is 2080. The van der Waals surface area contributed by atoms with Crippen molar-refractivity contribution in [2.45, 2.75) is 56.8 Å². The monoisotopic (exact) mass is 690 g/mol. The Morgan fingerprint density at radius 3 is 2.80 bits per heavy atom. The van der Waals surface area contributed by atoms with Crippen LogP contribution in [-0.2, 0) is 11.2 Å². The molecule has 2 fully saturated rings. The van der Waals surface area contributed by atoms with Gasteiger partial charge in [0.1, 0.15) is 30.2 Å². The van der Waals surface area contributed by atoms with Crippen LogP contribution in [0.15, 0.2) is 61.4 Å². The number of carbonyl (C=O) groups is 1. The summed E-state index contributed by atoms with van der Waals surface area (Å²) in [4.78, 5) is 32.4. The van der Waals surface area contributed by atoms with E-state index in [0.29, 0.717) is 53.8 Å². The minimum Gasteiger partial charge on any atom is -0.508 e. The van der Waals surface area contributed by atoms with Gasteiger partial charge < -0.3 is 24.5 Å². The summed E-state index contributed by atoms with van der Waals surface area (Å²) in [6.45, 7) is 7.22. The molecule has 0 spiro atoms. The molecule has 11 heteroatoms. The number of likely N-dealkylation sites (tertiary alicyclic amines) is 1. The van der Waals surface area contributed by atoms with E-state index in [1.165, 1.54) is 12.1 Å². The molecule has 2 aliphatic heterocycles. The van der Waals surface area contributed by atoms with Crippen molar-refractivity contribution in [2.75, 3.05) is 43.1 Å². The predicted molar refractivity (Wildman–Crippen MR) is 195 cm³/mol. The molecule has 1 amide bonds. The number of nitrogens with zero attached hydrogens (tertiary/aromatic N) is 6. The number of hydrogen-bond donors (Lipinski definition) is 1. The van der Waals surface area contributed by atoms with E-state index in [9.17, 15) is 18.7 Å². The van der Waals surface area contributed by atoms with Crippen LogP contribution in [0.1, 0.15) is 55.0 Å². The molecule has 4 aromatic rings. The van der Waals surface area contributed by atoms with E-state index in [1.54, 1.807) is 30.6 Å². The minimum absolute atomic E-state index is 0.0197. The van der Waals surface area contributed by atoms with Crippen LogP contribution in [0.3, 0.4) is 0 Å². The average molecular weight is 691 g/mol. The maximum atomic E-state index is 15.0. The first kappa shape index (κ1) is 34.0. The highest BCUT2D eigenvalue weighted by Crippen LogP contribution is 2.41. The first-order chi connectivity index (χ1) is 24.6. The lowest BCUT2D eigenvalue weighted by atomic mass is 9.87. The molecular formula is C40H40F2N6O3. The number of halogens is 2. The molecule has 2 aromatic heterocycles. The molecule has 3 aliphatic rings. The van der Waals surface area contributed by atoms with Gasteiger partial charge in [0.15, 0.2) is 0 Å². The fraction of sp³-hybridized carbons (Fsp3) is 0.350. The minimum atomic E-state index is -1.04. The van der Waals surface area contributed by atoms with Crippen LogP contribution in [0.5, 0.6) is 11.8 Å². The summed E-state index contributed by atoms with van der Waals surface area (Å²) < 4.78 is 36.3. The number of likely N-dealkylation sites (N-methyl/N-ethyl adjacent to an activating group) is 1. The first-order valence-corrected chi connectivity index (χ1v) is 17.2. The number of benzene rings is 2. The van der Waals surface area contributed by atoms with E-state index >= 15 is 0 Å². The first-order valence-electron chi connectivity index (χ1n) is 17.2. The van der Waals surface area contributed by atoms with Crippen molar-refractivity contribution in [3.05, 3.63) is 89.6 Å². The third-order valence-electron chi connectivity index (χ3n) is 10.4. The largest absolute Gasteiger partial charge is 0.508 e. The number of alkyl halides is 1. The predicted octanol–water partition coefficient (Wildman–Crippen LogP) is 6.34. The number of fused-ring (bicyclic) bond motifs is 2. The molecule has 1 N–H and O–H groups in total. The van der Waals surface area contributed by atoms with Crippen LogP contribution in [0.4, 0.5) is 20.3 Å². The Morgan fingerprint density at radius 1 is 1.24 bits per heavy atom. The summed E-state index contributed by atoms with van der Waals surface area (Å²) >= 11 is 0. The lowest BCUT2D eigenvalue weighted by Gasteiger charge is -2.36. The van der Waals surface area contributed by atoms with E-state index in [2.05, 4.69) is 17.5 Å². The molecule has 2 aromatic carbocycles. The fourth-order valence-electron chi connectivity index (χ4n) is 7.94. The summed E-state index contributed by atoms with van der Waals surface area (Å²) in [5, 5.41) is 11.8. The van der Waals surface area contributed by atoms with Crippen molar-refractivity contribution in [3.63, 3.8) is 0 Å². The number of hydrogen-bond acceptors (Lipinski definition) is 8. The summed E-state index contributed by atoms with van der Waals surface area (Å²) in [5.41, 5.74) is 3.28. The van der Waals surface area contributed by atoms with Crippen LogP contribution in [0.25, 0.3) is 22.4 Å². The standard InChI is InChI=1S/C40H40F2N6O3/c1-5-31-34(42)12-10-26-18-30(49)20-33(37(26)31)25-9-11-32-35(19-25)44-39(45-38(32)46(4)23-29-8-7-17-47(29)36(50)6-2)51-24-40(3)21-27(41)22-48(40)28-13-15-43-16-14-28/h1,6,10,12-16,18-20,27,29,49H,2,7-9,11,17,21-24H2,3-4H3/t27-,29+,40+/m1/s1. The number of aromatic hydroxyl groups is 1. The summed E-state index contributed by atoms with van der Waals surface area (Å²) in [6.07, 6.45) is 14.5. The molecule has 51 heavy (non-hydrogen) atoms. The molecule has 4 heterocycles. The zero-order chi connectivity index (χ0) is 35.9. The molecule has 7 rings (SSSR count). The lowest BCUT2D eigenvalue weighted by Crippen LogP contribution is -2.46. The number of amides is 1. The van der Waals surface area contributed by atoms with Gasteiger partial charge in [0.2, 0.25) is 5.91 Å². The maximum absolute atomic E-state index is 15.0. The quantitative estimate of drug-likeness (QED) is 0.161. The zero-order valence-electron chi connectivity index (χ0n) is 28.8. The lowest BCUT2D eigenvalue weighted by molar-refractivity contribution is -0.126. The van der Waals surface area contributed by atoms with E-state index in [0.717, 1.165) is 29.7 Å². The van der Waals surface area contributed by atoms with Gasteiger partial charge in [-0.05, 0) is 91.6 Å². The zero-order valence-corrected chi connectivity index (χ0v) is 28.8. The highest BCUT2D eigenvalue weighted by atomic mass is 19.1. The summed E-state index contributed by atoms with van der Waals surface area (Å²) in [7, 11) is 1.95. The Morgan fingerprint density at radius 2 is 2.04 bits per heavy atom. The molecule has 0 radical (unpaired) electrons. The number of ether oxygens (including phenoxy) is 1. The van der Waals surface area contributed by atoms with Gasteiger partial charge in [-0.25, -0.2) is 8.78 Å². The second kappa shape index (κ2) is 13.7. The topological polar surface area (TPSA) is 94.9 Å². The average Bonchev–Trinajstić information content (AvgIpc) is 3.72. The van der Waals surface area contributed by atoms with Crippen LogP contribution in [0, 0.1) is 18.2 Å². The number of anilines is 2. The number of carbonyl (C=O) groups excluding carboxylic acids is 1. The van der Waals surface area contributed by atoms with E-state index in [-0.39, 0.29) is 48.8 Å². The highest BCUT2D eigenvalue weighted by Gasteiger charge is 2.43. The number of pyridine rings is 1. The summed E-state index contributed by atoms with van der Waals surface area (Å²) in [6, 6.07) is 9.93. The van der Waals surface area contributed by atoms with Crippen LogP contribution in [-0.4, -0.2) is 81.9 Å². The number of allylic oxidation sites excluding steroid dienone is 1. The Hall–Kier alpha value is -5.50. The van der Waals surface area contributed by atoms with Gasteiger partial charge >= 0.3 is 6.01 Å². The van der Waals surface area contributed by atoms with Crippen LogP contribution < -0.4 is 14.5 Å². The molecule has 0 bridgehead atoms. The molecule has 262 valence electrons. The SMILES string of the molecule is C#Cc1c(F)ccc2cc(O)cc(C3=Cc4nc(OC[C@]5(C)C[C@@H](F)CN5c5ccncc5)nc(N(C)C[C@@H]5CCCN5C(=O)C=C)c4CC3)c12. The Labute approximate surface area is 296 Å². The number of aromatic nitrogens is 3. The normalized spacial score (nSPS) is 21.3. The Kier molecular flexibility index (Phi) is 9.10. The van der Waals surface area contributed by atoms with Gasteiger partial charge in [-0.2, -0.15) is 9.97 Å². The summed E-state index contributed by atoms with van der Waals surface area (Å²) in [5.74, 6) is 2.60. The molecule has 1 aliphatic carbocycles. The second-order valence-corrected chi connectivity index (χ2v) is 13.8. The van der Waals surface area contributed by atoms with Crippen LogP contribution in [0.2, 0.25) is 0 Å². The van der Waals surface area contributed by atoms with E-state index < -0.39 is 17.5 Å². The second-order valence-electron chi connectivity index (χ2n) is 13.8. The fourth-order valence-corrected chi connectivity index (χ4v) is 7.94. The number of rotatable bonds is 9. The number of phenolic OH excluding ortho intramolecular Hbond substituents is 1. The van der Waals surface area contributed by atoms with Gasteiger partial charge in [0.05, 0.1) is 16.8 Å². The maximum Gasteiger partial charge on any atom is 0.319 e. The number of phenols is 1. The third kappa shape index (κ3) is 6.47. The molecule has 9 nitrogen and oxygen atoms in total. The molecule has 0 saturated carbocycles. The smallest absolute Gasteiger partial charge is 0.319 e.